The number of ether oxygens (including phenoxy) is 1. The van der Waals surface area contributed by atoms with Crippen molar-refractivity contribution in [1.29, 1.82) is 0 Å². The Kier molecular flexibility index (Phi) is 5.83. The highest BCUT2D eigenvalue weighted by atomic mass is 16.5. The second-order valence-corrected chi connectivity index (χ2v) is 5.36. The quantitative estimate of drug-likeness (QED) is 0.849. The molecule has 19 heavy (non-hydrogen) atoms. The van der Waals surface area contributed by atoms with E-state index in [4.69, 9.17) is 4.74 Å². The van der Waals surface area contributed by atoms with Crippen molar-refractivity contribution < 1.29 is 4.74 Å². The molecule has 0 aliphatic carbocycles. The monoisotopic (exact) mass is 262 g/mol. The summed E-state index contributed by atoms with van der Waals surface area (Å²) in [4.78, 5) is 2.52. The zero-order valence-corrected chi connectivity index (χ0v) is 12.2. The SMILES string of the molecule is CNCCc1ccccc1CN1CCCC(OC)C1. The molecule has 106 valence electrons. The molecule has 1 aliphatic rings. The molecule has 0 amide bonds. The van der Waals surface area contributed by atoms with Gasteiger partial charge in [-0.1, -0.05) is 24.3 Å². The molecule has 1 saturated heterocycles. The van der Waals surface area contributed by atoms with Gasteiger partial charge in [-0.05, 0) is 50.5 Å². The fourth-order valence-electron chi connectivity index (χ4n) is 2.81. The molecule has 1 fully saturated rings. The van der Waals surface area contributed by atoms with Gasteiger partial charge in [0.1, 0.15) is 0 Å². The molecular formula is C16H26N2O. The third kappa shape index (κ3) is 4.30. The molecule has 3 heteroatoms. The minimum atomic E-state index is 0.415. The summed E-state index contributed by atoms with van der Waals surface area (Å²) in [5.41, 5.74) is 2.94. The van der Waals surface area contributed by atoms with Crippen LogP contribution in [0.15, 0.2) is 24.3 Å². The number of nitrogens with zero attached hydrogens (tertiary/aromatic N) is 1. The minimum Gasteiger partial charge on any atom is -0.380 e. The lowest BCUT2D eigenvalue weighted by Gasteiger charge is -2.32. The van der Waals surface area contributed by atoms with Gasteiger partial charge in [-0.3, -0.25) is 4.90 Å². The van der Waals surface area contributed by atoms with Gasteiger partial charge in [0.2, 0.25) is 0 Å². The number of piperidine rings is 1. The van der Waals surface area contributed by atoms with Gasteiger partial charge in [-0.2, -0.15) is 0 Å². The molecule has 0 saturated carbocycles. The van der Waals surface area contributed by atoms with Gasteiger partial charge in [-0.15, -0.1) is 0 Å². The molecule has 0 spiro atoms. The fraction of sp³-hybridized carbons (Fsp3) is 0.625. The Bertz CT molecular complexity index is 381. The van der Waals surface area contributed by atoms with Crippen LogP contribution < -0.4 is 5.32 Å². The van der Waals surface area contributed by atoms with Crippen molar-refractivity contribution in [3.63, 3.8) is 0 Å². The van der Waals surface area contributed by atoms with Gasteiger partial charge in [-0.25, -0.2) is 0 Å². The highest BCUT2D eigenvalue weighted by Gasteiger charge is 2.19. The highest BCUT2D eigenvalue weighted by Crippen LogP contribution is 2.18. The van der Waals surface area contributed by atoms with Crippen molar-refractivity contribution in [3.8, 4) is 0 Å². The summed E-state index contributed by atoms with van der Waals surface area (Å²) >= 11 is 0. The van der Waals surface area contributed by atoms with Gasteiger partial charge < -0.3 is 10.1 Å². The molecule has 0 radical (unpaired) electrons. The number of nitrogens with one attached hydrogen (secondary N) is 1. The molecule has 1 aliphatic heterocycles. The summed E-state index contributed by atoms with van der Waals surface area (Å²) < 4.78 is 5.50. The fourth-order valence-corrected chi connectivity index (χ4v) is 2.81. The number of likely N-dealkylation sites (tertiary alicyclic amines) is 1. The molecule has 3 nitrogen and oxygen atoms in total. The van der Waals surface area contributed by atoms with Crippen molar-refractivity contribution in [2.75, 3.05) is 33.8 Å². The van der Waals surface area contributed by atoms with E-state index in [-0.39, 0.29) is 0 Å². The van der Waals surface area contributed by atoms with Crippen molar-refractivity contribution in [3.05, 3.63) is 35.4 Å². The van der Waals surface area contributed by atoms with E-state index < -0.39 is 0 Å². The molecule has 1 aromatic rings. The lowest BCUT2D eigenvalue weighted by molar-refractivity contribution is 0.0285. The van der Waals surface area contributed by atoms with Gasteiger partial charge >= 0.3 is 0 Å². The van der Waals surface area contributed by atoms with Crippen LogP contribution in [0.3, 0.4) is 0 Å². The van der Waals surface area contributed by atoms with E-state index in [0.717, 1.165) is 26.1 Å². The Hall–Kier alpha value is -0.900. The number of methoxy groups -OCH3 is 1. The molecule has 1 unspecified atom stereocenters. The molecule has 2 rings (SSSR count). The number of benzene rings is 1. The van der Waals surface area contributed by atoms with Crippen molar-refractivity contribution in [2.45, 2.75) is 31.9 Å². The third-order valence-corrected chi connectivity index (χ3v) is 3.95. The van der Waals surface area contributed by atoms with Crippen LogP contribution in [0.2, 0.25) is 0 Å². The summed E-state index contributed by atoms with van der Waals surface area (Å²) in [6.07, 6.45) is 3.97. The standard InChI is InChI=1S/C16H26N2O/c1-17-10-9-14-6-3-4-7-15(14)12-18-11-5-8-16(13-18)19-2/h3-4,6-7,16-17H,5,8-13H2,1-2H3. The smallest absolute Gasteiger partial charge is 0.0698 e. The van der Waals surface area contributed by atoms with Crippen LogP contribution in [0.1, 0.15) is 24.0 Å². The first kappa shape index (κ1) is 14.5. The van der Waals surface area contributed by atoms with E-state index in [0.29, 0.717) is 6.10 Å². The molecule has 0 aromatic heterocycles. The number of hydrogen-bond donors (Lipinski definition) is 1. The van der Waals surface area contributed by atoms with Crippen LogP contribution in [0, 0.1) is 0 Å². The lowest BCUT2D eigenvalue weighted by atomic mass is 10.0. The van der Waals surface area contributed by atoms with E-state index in [1.165, 1.54) is 30.5 Å². The highest BCUT2D eigenvalue weighted by molar-refractivity contribution is 5.27. The lowest BCUT2D eigenvalue weighted by Crippen LogP contribution is -2.38. The number of rotatable bonds is 6. The number of likely N-dealkylation sites (N-methyl/N-ethyl adjacent to an activating group) is 1. The summed E-state index contributed by atoms with van der Waals surface area (Å²) in [6, 6.07) is 8.81. The van der Waals surface area contributed by atoms with Crippen LogP contribution in [0.4, 0.5) is 0 Å². The average molecular weight is 262 g/mol. The van der Waals surface area contributed by atoms with Crippen LogP contribution in [-0.4, -0.2) is 44.8 Å². The Balaban J connectivity index is 1.97. The van der Waals surface area contributed by atoms with E-state index in [1.807, 2.05) is 14.2 Å². The van der Waals surface area contributed by atoms with Gasteiger partial charge in [0.15, 0.2) is 0 Å². The maximum absolute atomic E-state index is 5.50. The second kappa shape index (κ2) is 7.63. The maximum Gasteiger partial charge on any atom is 0.0698 e. The Labute approximate surface area is 116 Å². The third-order valence-electron chi connectivity index (χ3n) is 3.95. The normalized spacial score (nSPS) is 20.6. The summed E-state index contributed by atoms with van der Waals surface area (Å²) in [5.74, 6) is 0. The maximum atomic E-state index is 5.50. The Morgan fingerprint density at radius 3 is 2.84 bits per heavy atom. The predicted molar refractivity (Wildman–Crippen MR) is 79.4 cm³/mol. The van der Waals surface area contributed by atoms with Gasteiger partial charge in [0.05, 0.1) is 6.10 Å². The molecule has 1 aromatic carbocycles. The predicted octanol–water partition coefficient (Wildman–Crippen LogP) is 2.06. The van der Waals surface area contributed by atoms with Gasteiger partial charge in [0.25, 0.3) is 0 Å². The largest absolute Gasteiger partial charge is 0.380 e. The van der Waals surface area contributed by atoms with Crippen molar-refractivity contribution >= 4 is 0 Å². The van der Waals surface area contributed by atoms with Crippen LogP contribution >= 0.6 is 0 Å². The number of hydrogen-bond acceptors (Lipinski definition) is 3. The van der Waals surface area contributed by atoms with Crippen LogP contribution in [-0.2, 0) is 17.7 Å². The first-order chi connectivity index (χ1) is 9.33. The zero-order chi connectivity index (χ0) is 13.5. The van der Waals surface area contributed by atoms with E-state index in [2.05, 4.69) is 34.5 Å². The minimum absolute atomic E-state index is 0.415. The summed E-state index contributed by atoms with van der Waals surface area (Å²) in [7, 11) is 3.84. The van der Waals surface area contributed by atoms with Crippen molar-refractivity contribution in [1.82, 2.24) is 10.2 Å². The first-order valence-electron chi connectivity index (χ1n) is 7.30. The Morgan fingerprint density at radius 2 is 2.11 bits per heavy atom. The topological polar surface area (TPSA) is 24.5 Å². The summed E-state index contributed by atoms with van der Waals surface area (Å²) in [5, 5.41) is 3.23. The second-order valence-electron chi connectivity index (χ2n) is 5.36. The van der Waals surface area contributed by atoms with Crippen LogP contribution in [0.25, 0.3) is 0 Å². The summed E-state index contributed by atoms with van der Waals surface area (Å²) in [6.45, 7) is 4.36. The van der Waals surface area contributed by atoms with Crippen LogP contribution in [0.5, 0.6) is 0 Å². The van der Waals surface area contributed by atoms with E-state index in [1.54, 1.807) is 0 Å². The average Bonchev–Trinajstić information content (AvgIpc) is 2.46. The Morgan fingerprint density at radius 1 is 1.32 bits per heavy atom. The molecule has 0 bridgehead atoms. The molecule has 1 heterocycles. The zero-order valence-electron chi connectivity index (χ0n) is 12.2. The molecular weight excluding hydrogens is 236 g/mol. The van der Waals surface area contributed by atoms with E-state index in [9.17, 15) is 0 Å². The van der Waals surface area contributed by atoms with Gasteiger partial charge in [0, 0.05) is 20.2 Å². The molecule has 1 atom stereocenters. The van der Waals surface area contributed by atoms with E-state index >= 15 is 0 Å². The first-order valence-corrected chi connectivity index (χ1v) is 7.30. The molecule has 1 N–H and O–H groups in total. The van der Waals surface area contributed by atoms with Crippen molar-refractivity contribution in [2.24, 2.45) is 0 Å².